The number of rotatable bonds is 4. The molecule has 1 aromatic carbocycles. The molecular weight excluding hydrogens is 265 g/mol. The normalized spacial score (nSPS) is 14.6. The van der Waals surface area contributed by atoms with Crippen molar-refractivity contribution in [1.82, 2.24) is 0 Å². The lowest BCUT2D eigenvalue weighted by Crippen LogP contribution is -2.55. The third kappa shape index (κ3) is 3.31. The van der Waals surface area contributed by atoms with Gasteiger partial charge in [0.25, 0.3) is 5.60 Å². The van der Waals surface area contributed by atoms with E-state index in [1.165, 1.54) is 18.2 Å². The summed E-state index contributed by atoms with van der Waals surface area (Å²) in [5.41, 5.74) is -4.07. The maximum absolute atomic E-state index is 12.8. The molecule has 1 N–H and O–H groups in total. The fourth-order valence-electron chi connectivity index (χ4n) is 1.31. The molecular formula is C12H11F3O4. The van der Waals surface area contributed by atoms with Crippen LogP contribution in [0, 0.1) is 0 Å². The van der Waals surface area contributed by atoms with Gasteiger partial charge in [-0.15, -0.1) is 0 Å². The lowest BCUT2D eigenvalue weighted by molar-refractivity contribution is -0.249. The Kier molecular flexibility index (Phi) is 4.31. The predicted octanol–water partition coefficient (Wildman–Crippen LogP) is 1.73. The van der Waals surface area contributed by atoms with E-state index in [4.69, 9.17) is 0 Å². The summed E-state index contributed by atoms with van der Waals surface area (Å²) in [6.07, 6.45) is -5.25. The molecule has 104 valence electrons. The molecule has 0 heterocycles. The van der Waals surface area contributed by atoms with Gasteiger partial charge >= 0.3 is 12.1 Å². The Morgan fingerprint density at radius 3 is 2.16 bits per heavy atom. The van der Waals surface area contributed by atoms with Crippen molar-refractivity contribution in [2.75, 3.05) is 6.61 Å². The van der Waals surface area contributed by atoms with Gasteiger partial charge in [0.05, 0.1) is 0 Å². The van der Waals surface area contributed by atoms with Gasteiger partial charge in [-0.3, -0.25) is 9.59 Å². The van der Waals surface area contributed by atoms with Crippen LogP contribution in [0.4, 0.5) is 13.2 Å². The van der Waals surface area contributed by atoms with Crippen LogP contribution in [0.25, 0.3) is 0 Å². The van der Waals surface area contributed by atoms with Crippen molar-refractivity contribution in [3.8, 4) is 0 Å². The Bertz CT molecular complexity index is 470. The van der Waals surface area contributed by atoms with Gasteiger partial charge in [0.15, 0.2) is 0 Å². The number of esters is 1. The maximum atomic E-state index is 12.8. The van der Waals surface area contributed by atoms with Crippen LogP contribution in [0.15, 0.2) is 30.3 Å². The lowest BCUT2D eigenvalue weighted by atomic mass is 9.93. The molecule has 0 saturated carbocycles. The van der Waals surface area contributed by atoms with E-state index in [-0.39, 0.29) is 5.56 Å². The summed E-state index contributed by atoms with van der Waals surface area (Å²) in [6, 6.07) is 6.49. The summed E-state index contributed by atoms with van der Waals surface area (Å²) in [4.78, 5) is 22.3. The molecule has 0 fully saturated rings. The molecule has 1 unspecified atom stereocenters. The highest BCUT2D eigenvalue weighted by Gasteiger charge is 2.60. The van der Waals surface area contributed by atoms with Crippen molar-refractivity contribution in [3.05, 3.63) is 35.9 Å². The van der Waals surface area contributed by atoms with E-state index >= 15 is 0 Å². The molecule has 19 heavy (non-hydrogen) atoms. The Labute approximate surface area is 106 Å². The Balaban J connectivity index is 3.11. The molecule has 4 nitrogen and oxygen atoms in total. The monoisotopic (exact) mass is 276 g/mol. The molecule has 1 rings (SSSR count). The number of alkyl halides is 3. The minimum Gasteiger partial charge on any atom is -0.462 e. The van der Waals surface area contributed by atoms with Crippen LogP contribution >= 0.6 is 0 Å². The first kappa shape index (κ1) is 15.2. The number of Topliss-reactive ketones (excluding diaryl/α,β-unsaturated/α-hetero) is 1. The molecule has 0 saturated heterocycles. The van der Waals surface area contributed by atoms with Crippen LogP contribution in [0.5, 0.6) is 0 Å². The van der Waals surface area contributed by atoms with Crippen molar-refractivity contribution in [2.45, 2.75) is 18.7 Å². The van der Waals surface area contributed by atoms with E-state index in [9.17, 15) is 27.9 Å². The standard InChI is InChI=1S/C12H11F3O4/c1-8(16)19-7-11(18,12(13,14)15)10(17)9-5-3-2-4-6-9/h2-6,18H,7H2,1H3. The second kappa shape index (κ2) is 5.40. The van der Waals surface area contributed by atoms with Gasteiger partial charge in [0.1, 0.15) is 6.61 Å². The molecule has 0 aromatic heterocycles. The fraction of sp³-hybridized carbons (Fsp3) is 0.333. The Morgan fingerprint density at radius 2 is 1.74 bits per heavy atom. The highest BCUT2D eigenvalue weighted by molar-refractivity contribution is 6.03. The summed E-state index contributed by atoms with van der Waals surface area (Å²) in [6.45, 7) is -0.594. The second-order valence-corrected chi connectivity index (χ2v) is 3.83. The maximum Gasteiger partial charge on any atom is 0.428 e. The zero-order chi connectivity index (χ0) is 14.7. The highest BCUT2D eigenvalue weighted by Crippen LogP contribution is 2.33. The zero-order valence-electron chi connectivity index (χ0n) is 9.90. The first-order chi connectivity index (χ1) is 8.68. The summed E-state index contributed by atoms with van der Waals surface area (Å²) in [5, 5.41) is 9.57. The molecule has 1 aromatic rings. The van der Waals surface area contributed by atoms with Gasteiger partial charge < -0.3 is 9.84 Å². The van der Waals surface area contributed by atoms with Crippen LogP contribution in [-0.2, 0) is 9.53 Å². The van der Waals surface area contributed by atoms with Crippen LogP contribution in [0.1, 0.15) is 17.3 Å². The zero-order valence-corrected chi connectivity index (χ0v) is 9.90. The van der Waals surface area contributed by atoms with Gasteiger partial charge in [-0.25, -0.2) is 0 Å². The van der Waals surface area contributed by atoms with E-state index in [1.54, 1.807) is 0 Å². The average Bonchev–Trinajstić information content (AvgIpc) is 2.34. The highest BCUT2D eigenvalue weighted by atomic mass is 19.4. The third-order valence-corrected chi connectivity index (χ3v) is 2.36. The van der Waals surface area contributed by atoms with Gasteiger partial charge in [0, 0.05) is 12.5 Å². The van der Waals surface area contributed by atoms with Gasteiger partial charge in [-0.1, -0.05) is 30.3 Å². The van der Waals surface area contributed by atoms with Crippen molar-refractivity contribution in [1.29, 1.82) is 0 Å². The minimum absolute atomic E-state index is 0.325. The molecule has 1 atom stereocenters. The topological polar surface area (TPSA) is 63.6 Å². The lowest BCUT2D eigenvalue weighted by Gasteiger charge is -2.28. The minimum atomic E-state index is -5.25. The SMILES string of the molecule is CC(=O)OCC(O)(C(=O)c1ccccc1)C(F)(F)F. The Morgan fingerprint density at radius 1 is 1.21 bits per heavy atom. The first-order valence-corrected chi connectivity index (χ1v) is 5.21. The van der Waals surface area contributed by atoms with E-state index in [1.807, 2.05) is 0 Å². The van der Waals surface area contributed by atoms with Crippen LogP contribution in [0.3, 0.4) is 0 Å². The van der Waals surface area contributed by atoms with Gasteiger partial charge in [-0.05, 0) is 0 Å². The van der Waals surface area contributed by atoms with Crippen molar-refractivity contribution in [3.63, 3.8) is 0 Å². The second-order valence-electron chi connectivity index (χ2n) is 3.83. The van der Waals surface area contributed by atoms with Crippen molar-refractivity contribution >= 4 is 11.8 Å². The van der Waals surface area contributed by atoms with Gasteiger partial charge in [-0.2, -0.15) is 13.2 Å². The number of benzene rings is 1. The molecule has 0 radical (unpaired) electrons. The average molecular weight is 276 g/mol. The number of carbonyl (C=O) groups excluding carboxylic acids is 2. The van der Waals surface area contributed by atoms with Gasteiger partial charge in [0.2, 0.25) is 5.78 Å². The number of carbonyl (C=O) groups is 2. The molecule has 0 spiro atoms. The number of hydrogen-bond donors (Lipinski definition) is 1. The van der Waals surface area contributed by atoms with Crippen LogP contribution < -0.4 is 0 Å². The molecule has 0 aliphatic carbocycles. The van der Waals surface area contributed by atoms with Crippen LogP contribution in [0.2, 0.25) is 0 Å². The number of ether oxygens (including phenoxy) is 1. The number of hydrogen-bond acceptors (Lipinski definition) is 4. The molecule has 0 amide bonds. The van der Waals surface area contributed by atoms with Crippen molar-refractivity contribution in [2.24, 2.45) is 0 Å². The van der Waals surface area contributed by atoms with Crippen LogP contribution in [-0.4, -0.2) is 35.2 Å². The summed E-state index contributed by atoms with van der Waals surface area (Å²) >= 11 is 0. The molecule has 0 aliphatic rings. The van der Waals surface area contributed by atoms with E-state index < -0.39 is 30.1 Å². The van der Waals surface area contributed by atoms with E-state index in [0.29, 0.717) is 0 Å². The fourth-order valence-corrected chi connectivity index (χ4v) is 1.31. The number of aliphatic hydroxyl groups is 1. The Hall–Kier alpha value is -1.89. The summed E-state index contributed by atoms with van der Waals surface area (Å²) in [5.74, 6) is -2.59. The molecule has 7 heteroatoms. The first-order valence-electron chi connectivity index (χ1n) is 5.21. The number of halogens is 3. The number of ketones is 1. The quantitative estimate of drug-likeness (QED) is 0.672. The largest absolute Gasteiger partial charge is 0.462 e. The molecule has 0 bridgehead atoms. The summed E-state index contributed by atoms with van der Waals surface area (Å²) in [7, 11) is 0. The van der Waals surface area contributed by atoms with Crippen molar-refractivity contribution < 1.29 is 32.6 Å². The molecule has 0 aliphatic heterocycles. The van der Waals surface area contributed by atoms with E-state index in [2.05, 4.69) is 4.74 Å². The smallest absolute Gasteiger partial charge is 0.428 e. The van der Waals surface area contributed by atoms with E-state index in [0.717, 1.165) is 19.1 Å². The predicted molar refractivity (Wildman–Crippen MR) is 58.4 cm³/mol. The third-order valence-electron chi connectivity index (χ3n) is 2.36. The summed E-state index contributed by atoms with van der Waals surface area (Å²) < 4.78 is 42.6.